The predicted molar refractivity (Wildman–Crippen MR) is 126 cm³/mol. The first kappa shape index (κ1) is 19.6. The summed E-state index contributed by atoms with van der Waals surface area (Å²) < 4.78 is 5.88. The van der Waals surface area contributed by atoms with Gasteiger partial charge in [-0.1, -0.05) is 53.5 Å². The third-order valence-corrected chi connectivity index (χ3v) is 5.78. The minimum Gasteiger partial charge on any atom is -0.436 e. The van der Waals surface area contributed by atoms with Crippen LogP contribution < -0.4 is 5.32 Å². The number of nitrogens with zero attached hydrogens (tertiary/aromatic N) is 1. The van der Waals surface area contributed by atoms with E-state index in [1.54, 1.807) is 24.3 Å². The number of aromatic nitrogens is 1. The number of aryl methyl sites for hydroxylation is 1. The third kappa shape index (κ3) is 3.65. The van der Waals surface area contributed by atoms with E-state index in [0.717, 1.165) is 27.4 Å². The van der Waals surface area contributed by atoms with E-state index in [9.17, 15) is 4.79 Å². The van der Waals surface area contributed by atoms with Gasteiger partial charge in [0, 0.05) is 21.5 Å². The fourth-order valence-corrected chi connectivity index (χ4v) is 3.98. The Morgan fingerprint density at radius 3 is 2.58 bits per heavy atom. The summed E-state index contributed by atoms with van der Waals surface area (Å²) in [5, 5.41) is 5.51. The van der Waals surface area contributed by atoms with Gasteiger partial charge in [-0.3, -0.25) is 4.79 Å². The average molecular weight is 447 g/mol. The fraction of sp³-hybridized carbons (Fsp3) is 0.0400. The van der Waals surface area contributed by atoms with E-state index < -0.39 is 0 Å². The van der Waals surface area contributed by atoms with Gasteiger partial charge in [0.2, 0.25) is 5.89 Å². The molecule has 31 heavy (non-hydrogen) atoms. The van der Waals surface area contributed by atoms with Crippen molar-refractivity contribution in [3.63, 3.8) is 0 Å². The summed E-state index contributed by atoms with van der Waals surface area (Å²) in [7, 11) is 0. The Hall–Kier alpha value is -3.34. The molecule has 0 fully saturated rings. The van der Waals surface area contributed by atoms with Gasteiger partial charge in [0.05, 0.1) is 10.7 Å². The van der Waals surface area contributed by atoms with Crippen molar-refractivity contribution in [2.45, 2.75) is 6.92 Å². The molecule has 0 bridgehead atoms. The molecule has 1 amide bonds. The lowest BCUT2D eigenvalue weighted by Gasteiger charge is -2.11. The van der Waals surface area contributed by atoms with Crippen molar-refractivity contribution in [1.29, 1.82) is 0 Å². The highest BCUT2D eigenvalue weighted by Gasteiger charge is 2.15. The lowest BCUT2D eigenvalue weighted by molar-refractivity contribution is 0.102. The van der Waals surface area contributed by atoms with Crippen LogP contribution in [0.3, 0.4) is 0 Å². The van der Waals surface area contributed by atoms with Crippen LogP contribution in [-0.2, 0) is 0 Å². The van der Waals surface area contributed by atoms with Crippen LogP contribution in [0, 0.1) is 6.92 Å². The summed E-state index contributed by atoms with van der Waals surface area (Å²) in [6, 6.07) is 22.1. The molecule has 0 spiro atoms. The molecule has 0 aliphatic heterocycles. The van der Waals surface area contributed by atoms with Crippen molar-refractivity contribution in [2.75, 3.05) is 5.32 Å². The molecule has 0 atom stereocenters. The minimum absolute atomic E-state index is 0.278. The number of nitrogens with one attached hydrogen (secondary N) is 1. The topological polar surface area (TPSA) is 55.1 Å². The van der Waals surface area contributed by atoms with Gasteiger partial charge in [-0.25, -0.2) is 4.98 Å². The zero-order valence-corrected chi connectivity index (χ0v) is 18.0. The summed E-state index contributed by atoms with van der Waals surface area (Å²) >= 11 is 12.7. The predicted octanol–water partition coefficient (Wildman–Crippen LogP) is 7.52. The number of hydrogen-bond acceptors (Lipinski definition) is 3. The summed E-state index contributed by atoms with van der Waals surface area (Å²) in [5.74, 6) is 0.185. The summed E-state index contributed by atoms with van der Waals surface area (Å²) in [6.45, 7) is 2.00. The SMILES string of the molecule is Cc1ccc2oc(-c3ccc(Cl)c(NC(=O)c4cccc5c(Cl)cccc45)c3)nc2c1. The van der Waals surface area contributed by atoms with Gasteiger partial charge in [-0.15, -0.1) is 0 Å². The highest BCUT2D eigenvalue weighted by atomic mass is 35.5. The van der Waals surface area contributed by atoms with E-state index in [-0.39, 0.29) is 5.91 Å². The number of fused-ring (bicyclic) bond motifs is 2. The van der Waals surface area contributed by atoms with Crippen molar-refractivity contribution in [3.8, 4) is 11.5 Å². The maximum Gasteiger partial charge on any atom is 0.256 e. The second-order valence-electron chi connectivity index (χ2n) is 7.28. The molecule has 5 aromatic rings. The average Bonchev–Trinajstić information content (AvgIpc) is 3.18. The van der Waals surface area contributed by atoms with E-state index in [1.807, 2.05) is 55.5 Å². The molecule has 152 valence electrons. The van der Waals surface area contributed by atoms with Crippen LogP contribution >= 0.6 is 23.2 Å². The monoisotopic (exact) mass is 446 g/mol. The second-order valence-corrected chi connectivity index (χ2v) is 8.09. The Kier molecular flexibility index (Phi) is 4.89. The van der Waals surface area contributed by atoms with Gasteiger partial charge in [-0.2, -0.15) is 0 Å². The molecule has 0 aliphatic carbocycles. The van der Waals surface area contributed by atoms with Gasteiger partial charge in [-0.05, 0) is 60.3 Å². The summed E-state index contributed by atoms with van der Waals surface area (Å²) in [4.78, 5) is 17.6. The molecule has 1 N–H and O–H groups in total. The molecule has 4 nitrogen and oxygen atoms in total. The summed E-state index contributed by atoms with van der Waals surface area (Å²) in [5.41, 5.74) is 4.29. The molecule has 5 rings (SSSR count). The van der Waals surface area contributed by atoms with Crippen molar-refractivity contribution in [2.24, 2.45) is 0 Å². The first-order valence-corrected chi connectivity index (χ1v) is 10.4. The Morgan fingerprint density at radius 2 is 1.71 bits per heavy atom. The number of carbonyl (C=O) groups excluding carboxylic acids is 1. The lowest BCUT2D eigenvalue weighted by atomic mass is 10.0. The van der Waals surface area contributed by atoms with Gasteiger partial charge in [0.25, 0.3) is 5.91 Å². The number of benzene rings is 4. The fourth-order valence-electron chi connectivity index (χ4n) is 3.57. The number of carbonyl (C=O) groups is 1. The molecule has 4 aromatic carbocycles. The largest absolute Gasteiger partial charge is 0.436 e. The van der Waals surface area contributed by atoms with Crippen LogP contribution in [-0.4, -0.2) is 10.9 Å². The van der Waals surface area contributed by atoms with Gasteiger partial charge >= 0.3 is 0 Å². The zero-order valence-electron chi connectivity index (χ0n) is 16.4. The van der Waals surface area contributed by atoms with Crippen molar-refractivity contribution >= 4 is 56.7 Å². The molecular weight excluding hydrogens is 431 g/mol. The maximum absolute atomic E-state index is 13.1. The number of anilines is 1. The highest BCUT2D eigenvalue weighted by Crippen LogP contribution is 2.32. The van der Waals surface area contributed by atoms with E-state index in [1.165, 1.54) is 0 Å². The maximum atomic E-state index is 13.1. The van der Waals surface area contributed by atoms with Crippen LogP contribution in [0.5, 0.6) is 0 Å². The second kappa shape index (κ2) is 7.73. The molecule has 6 heteroatoms. The van der Waals surface area contributed by atoms with Crippen molar-refractivity contribution in [3.05, 3.63) is 94.0 Å². The molecule has 0 radical (unpaired) electrons. The van der Waals surface area contributed by atoms with Crippen LogP contribution in [0.25, 0.3) is 33.3 Å². The highest BCUT2D eigenvalue weighted by molar-refractivity contribution is 6.36. The molecule has 0 saturated carbocycles. The minimum atomic E-state index is -0.278. The van der Waals surface area contributed by atoms with E-state index in [4.69, 9.17) is 27.6 Å². The van der Waals surface area contributed by atoms with Crippen molar-refractivity contribution < 1.29 is 9.21 Å². The van der Waals surface area contributed by atoms with E-state index >= 15 is 0 Å². The molecule has 0 unspecified atom stereocenters. The Balaban J connectivity index is 1.51. The van der Waals surface area contributed by atoms with Gasteiger partial charge < -0.3 is 9.73 Å². The van der Waals surface area contributed by atoms with Gasteiger partial charge in [0.1, 0.15) is 5.52 Å². The van der Waals surface area contributed by atoms with Crippen LogP contribution in [0.2, 0.25) is 10.0 Å². The number of halogens is 2. The standard InChI is InChI=1S/C25H16Cl2N2O2/c1-14-8-11-23-22(12-14)29-25(31-23)15-9-10-20(27)21(13-15)28-24(30)18-6-2-5-17-16(18)4-3-7-19(17)26/h2-13H,1H3,(H,28,30). The summed E-state index contributed by atoms with van der Waals surface area (Å²) in [6.07, 6.45) is 0. The van der Waals surface area contributed by atoms with Crippen LogP contribution in [0.4, 0.5) is 5.69 Å². The first-order chi connectivity index (χ1) is 15.0. The quantitative estimate of drug-likeness (QED) is 0.311. The Bertz CT molecular complexity index is 1470. The lowest BCUT2D eigenvalue weighted by Crippen LogP contribution is -2.12. The third-order valence-electron chi connectivity index (χ3n) is 5.12. The first-order valence-electron chi connectivity index (χ1n) is 9.65. The van der Waals surface area contributed by atoms with Crippen LogP contribution in [0.15, 0.2) is 77.2 Å². The molecule has 1 aromatic heterocycles. The van der Waals surface area contributed by atoms with Crippen LogP contribution in [0.1, 0.15) is 15.9 Å². The number of hydrogen-bond donors (Lipinski definition) is 1. The Labute approximate surface area is 188 Å². The van der Waals surface area contributed by atoms with E-state index in [2.05, 4.69) is 10.3 Å². The Morgan fingerprint density at radius 1 is 0.903 bits per heavy atom. The number of oxazole rings is 1. The molecule has 0 aliphatic rings. The van der Waals surface area contributed by atoms with E-state index in [0.29, 0.717) is 32.8 Å². The number of amides is 1. The van der Waals surface area contributed by atoms with Gasteiger partial charge in [0.15, 0.2) is 5.58 Å². The molecule has 1 heterocycles. The van der Waals surface area contributed by atoms with Crippen molar-refractivity contribution in [1.82, 2.24) is 4.98 Å². The normalized spacial score (nSPS) is 11.2. The number of rotatable bonds is 3. The molecule has 0 saturated heterocycles. The smallest absolute Gasteiger partial charge is 0.256 e. The molecular formula is C25H16Cl2N2O2. The zero-order chi connectivity index (χ0) is 21.5.